The molecular formula is C18H22N2O2. The molecule has 1 N–H and O–H groups in total. The Balaban J connectivity index is 1.58. The summed E-state index contributed by atoms with van der Waals surface area (Å²) in [6.45, 7) is 4.37. The van der Waals surface area contributed by atoms with Crippen LogP contribution in [0.25, 0.3) is 0 Å². The molecule has 1 atom stereocenters. The number of furan rings is 1. The van der Waals surface area contributed by atoms with Crippen molar-refractivity contribution in [2.24, 2.45) is 0 Å². The minimum atomic E-state index is -0.0320. The first kappa shape index (κ1) is 14.9. The van der Waals surface area contributed by atoms with E-state index in [0.29, 0.717) is 6.54 Å². The average molecular weight is 298 g/mol. The molecule has 3 rings (SSSR count). The van der Waals surface area contributed by atoms with Crippen LogP contribution in [0.5, 0.6) is 0 Å². The second-order valence-corrected chi connectivity index (χ2v) is 5.91. The Morgan fingerprint density at radius 3 is 3.05 bits per heavy atom. The van der Waals surface area contributed by atoms with Gasteiger partial charge in [-0.3, -0.25) is 9.69 Å². The fraction of sp³-hybridized carbons (Fsp3) is 0.389. The van der Waals surface area contributed by atoms with E-state index in [1.54, 1.807) is 6.26 Å². The van der Waals surface area contributed by atoms with E-state index in [-0.39, 0.29) is 11.9 Å². The summed E-state index contributed by atoms with van der Waals surface area (Å²) in [6, 6.07) is 12.2. The molecule has 1 saturated heterocycles. The fourth-order valence-corrected chi connectivity index (χ4v) is 3.06. The highest BCUT2D eigenvalue weighted by Crippen LogP contribution is 2.20. The van der Waals surface area contributed by atoms with E-state index in [0.717, 1.165) is 31.7 Å². The average Bonchev–Trinajstić information content (AvgIpc) is 3.16. The lowest BCUT2D eigenvalue weighted by Gasteiger charge is -2.23. The van der Waals surface area contributed by atoms with Gasteiger partial charge in [0.25, 0.3) is 0 Å². The van der Waals surface area contributed by atoms with E-state index >= 15 is 0 Å². The topological polar surface area (TPSA) is 45.5 Å². The molecule has 0 radical (unpaired) electrons. The second-order valence-electron chi connectivity index (χ2n) is 5.91. The predicted octanol–water partition coefficient (Wildman–Crippen LogP) is 2.87. The number of carbonyl (C=O) groups is 1. The number of nitrogens with zero attached hydrogens (tertiary/aromatic N) is 1. The molecule has 1 aliphatic rings. The van der Waals surface area contributed by atoms with Crippen LogP contribution < -0.4 is 5.32 Å². The SMILES string of the molecule is Cc1cccc(CN2CCCC2C(=O)NCc2ccco2)c1. The molecule has 0 aliphatic carbocycles. The molecule has 1 aromatic carbocycles. The molecule has 0 saturated carbocycles. The number of aryl methyl sites for hydroxylation is 1. The summed E-state index contributed by atoms with van der Waals surface area (Å²) in [5.74, 6) is 0.887. The Morgan fingerprint density at radius 1 is 1.36 bits per heavy atom. The lowest BCUT2D eigenvalue weighted by atomic mass is 10.1. The molecule has 1 aliphatic heterocycles. The van der Waals surface area contributed by atoms with Crippen LogP contribution in [0.3, 0.4) is 0 Å². The third kappa shape index (κ3) is 3.57. The minimum absolute atomic E-state index is 0.0320. The molecule has 1 unspecified atom stereocenters. The van der Waals surface area contributed by atoms with Crippen molar-refractivity contribution in [3.63, 3.8) is 0 Å². The second kappa shape index (κ2) is 6.79. The lowest BCUT2D eigenvalue weighted by molar-refractivity contribution is -0.125. The Labute approximate surface area is 131 Å². The highest BCUT2D eigenvalue weighted by atomic mass is 16.3. The summed E-state index contributed by atoms with van der Waals surface area (Å²) < 4.78 is 5.25. The van der Waals surface area contributed by atoms with Crippen molar-refractivity contribution in [3.05, 3.63) is 59.5 Å². The van der Waals surface area contributed by atoms with Gasteiger partial charge in [-0.1, -0.05) is 29.8 Å². The first-order valence-electron chi connectivity index (χ1n) is 7.82. The van der Waals surface area contributed by atoms with Crippen molar-refractivity contribution < 1.29 is 9.21 Å². The summed E-state index contributed by atoms with van der Waals surface area (Å²) in [5.41, 5.74) is 2.53. The van der Waals surface area contributed by atoms with Gasteiger partial charge >= 0.3 is 0 Å². The van der Waals surface area contributed by atoms with E-state index in [1.807, 2.05) is 12.1 Å². The fourth-order valence-electron chi connectivity index (χ4n) is 3.06. The maximum atomic E-state index is 12.4. The molecule has 116 valence electrons. The number of hydrogen-bond donors (Lipinski definition) is 1. The molecule has 1 aromatic heterocycles. The molecule has 4 heteroatoms. The zero-order valence-corrected chi connectivity index (χ0v) is 12.9. The summed E-state index contributed by atoms with van der Waals surface area (Å²) in [7, 11) is 0. The standard InChI is InChI=1S/C18H22N2O2/c1-14-5-2-6-15(11-14)13-20-9-3-8-17(20)18(21)19-12-16-7-4-10-22-16/h2,4-7,10-11,17H,3,8-9,12-13H2,1H3,(H,19,21). The van der Waals surface area contributed by atoms with Crippen LogP contribution in [-0.2, 0) is 17.9 Å². The van der Waals surface area contributed by atoms with Crippen LogP contribution in [0.4, 0.5) is 0 Å². The molecular weight excluding hydrogens is 276 g/mol. The molecule has 1 fully saturated rings. The van der Waals surface area contributed by atoms with Gasteiger partial charge in [0.15, 0.2) is 0 Å². The largest absolute Gasteiger partial charge is 0.467 e. The highest BCUT2D eigenvalue weighted by molar-refractivity contribution is 5.81. The number of benzene rings is 1. The number of nitrogens with one attached hydrogen (secondary N) is 1. The highest BCUT2D eigenvalue weighted by Gasteiger charge is 2.30. The van der Waals surface area contributed by atoms with Crippen LogP contribution in [0.1, 0.15) is 29.7 Å². The van der Waals surface area contributed by atoms with Crippen LogP contribution >= 0.6 is 0 Å². The van der Waals surface area contributed by atoms with Gasteiger partial charge in [0.05, 0.1) is 18.8 Å². The number of carbonyl (C=O) groups excluding carboxylic acids is 1. The molecule has 0 bridgehead atoms. The molecule has 1 amide bonds. The van der Waals surface area contributed by atoms with Gasteiger partial charge in [-0.2, -0.15) is 0 Å². The van der Waals surface area contributed by atoms with Gasteiger partial charge < -0.3 is 9.73 Å². The third-order valence-corrected chi connectivity index (χ3v) is 4.15. The molecule has 2 heterocycles. The maximum absolute atomic E-state index is 12.4. The summed E-state index contributed by atoms with van der Waals surface area (Å²) in [6.07, 6.45) is 3.63. The number of amides is 1. The van der Waals surface area contributed by atoms with Gasteiger partial charge in [0.1, 0.15) is 5.76 Å². The predicted molar refractivity (Wildman–Crippen MR) is 85.2 cm³/mol. The van der Waals surface area contributed by atoms with Crippen LogP contribution in [0, 0.1) is 6.92 Å². The van der Waals surface area contributed by atoms with Gasteiger partial charge in [-0.25, -0.2) is 0 Å². The van der Waals surface area contributed by atoms with Crippen LogP contribution in [-0.4, -0.2) is 23.4 Å². The molecule has 0 spiro atoms. The summed E-state index contributed by atoms with van der Waals surface area (Å²) >= 11 is 0. The summed E-state index contributed by atoms with van der Waals surface area (Å²) in [4.78, 5) is 14.7. The van der Waals surface area contributed by atoms with E-state index in [2.05, 4.69) is 41.4 Å². The van der Waals surface area contributed by atoms with Gasteiger partial charge in [0, 0.05) is 6.54 Å². The van der Waals surface area contributed by atoms with Crippen LogP contribution in [0.15, 0.2) is 47.1 Å². The van der Waals surface area contributed by atoms with Crippen molar-refractivity contribution in [1.29, 1.82) is 0 Å². The monoisotopic (exact) mass is 298 g/mol. The van der Waals surface area contributed by atoms with Crippen molar-refractivity contribution in [1.82, 2.24) is 10.2 Å². The Morgan fingerprint density at radius 2 is 2.27 bits per heavy atom. The summed E-state index contributed by atoms with van der Waals surface area (Å²) in [5, 5.41) is 2.98. The van der Waals surface area contributed by atoms with E-state index in [9.17, 15) is 4.79 Å². The van der Waals surface area contributed by atoms with Crippen LogP contribution in [0.2, 0.25) is 0 Å². The van der Waals surface area contributed by atoms with Gasteiger partial charge in [-0.05, 0) is 44.0 Å². The Kier molecular flexibility index (Phi) is 4.59. The van der Waals surface area contributed by atoms with Gasteiger partial charge in [-0.15, -0.1) is 0 Å². The Bertz CT molecular complexity index is 622. The smallest absolute Gasteiger partial charge is 0.237 e. The first-order valence-corrected chi connectivity index (χ1v) is 7.82. The van der Waals surface area contributed by atoms with Crippen molar-refractivity contribution in [3.8, 4) is 0 Å². The third-order valence-electron chi connectivity index (χ3n) is 4.15. The van der Waals surface area contributed by atoms with Crippen molar-refractivity contribution in [2.45, 2.75) is 38.9 Å². The lowest BCUT2D eigenvalue weighted by Crippen LogP contribution is -2.42. The van der Waals surface area contributed by atoms with Crippen molar-refractivity contribution in [2.75, 3.05) is 6.54 Å². The minimum Gasteiger partial charge on any atom is -0.467 e. The normalized spacial score (nSPS) is 18.5. The zero-order chi connectivity index (χ0) is 15.4. The Hall–Kier alpha value is -2.07. The number of likely N-dealkylation sites (tertiary alicyclic amines) is 1. The van der Waals surface area contributed by atoms with Crippen molar-refractivity contribution >= 4 is 5.91 Å². The van der Waals surface area contributed by atoms with Gasteiger partial charge in [0.2, 0.25) is 5.91 Å². The maximum Gasteiger partial charge on any atom is 0.237 e. The molecule has 22 heavy (non-hydrogen) atoms. The number of rotatable bonds is 5. The van der Waals surface area contributed by atoms with E-state index < -0.39 is 0 Å². The molecule has 2 aromatic rings. The first-order chi connectivity index (χ1) is 10.7. The number of hydrogen-bond acceptors (Lipinski definition) is 3. The zero-order valence-electron chi connectivity index (χ0n) is 12.9. The molecule has 4 nitrogen and oxygen atoms in total. The van der Waals surface area contributed by atoms with E-state index in [1.165, 1.54) is 11.1 Å². The van der Waals surface area contributed by atoms with E-state index in [4.69, 9.17) is 4.42 Å². The quantitative estimate of drug-likeness (QED) is 0.923.